The first-order valence-electron chi connectivity index (χ1n) is 20.0. The van der Waals surface area contributed by atoms with Crippen molar-refractivity contribution in [2.75, 3.05) is 30.8 Å². The fourth-order valence-electron chi connectivity index (χ4n) is 6.95. The van der Waals surface area contributed by atoms with Gasteiger partial charge >= 0.3 is 8.03 Å². The first-order chi connectivity index (χ1) is 21.1. The molecular weight excluding hydrogens is 574 g/mol. The van der Waals surface area contributed by atoms with Gasteiger partial charge in [-0.2, -0.15) is 0 Å². The molecule has 266 valence electrons. The minimum absolute atomic E-state index is 0.241. The fourth-order valence-corrected chi connectivity index (χ4v) is 12.5. The zero-order valence-corrected chi connectivity index (χ0v) is 33.8. The minimum atomic E-state index is -2.19. The van der Waals surface area contributed by atoms with Crippen LogP contribution in [-0.2, 0) is 4.57 Å². The third-order valence-corrected chi connectivity index (χ3v) is 15.3. The van der Waals surface area contributed by atoms with Gasteiger partial charge in [0.2, 0.25) is 0 Å². The van der Waals surface area contributed by atoms with E-state index in [9.17, 15) is 9.46 Å². The number of unbranched alkanes of at least 4 members (excludes halogenated alkanes) is 20. The summed E-state index contributed by atoms with van der Waals surface area (Å²) in [6, 6.07) is 0. The van der Waals surface area contributed by atoms with Crippen molar-refractivity contribution in [1.29, 1.82) is 0 Å². The summed E-state index contributed by atoms with van der Waals surface area (Å²) in [4.78, 5) is 10.3. The maximum atomic E-state index is 10.3. The predicted octanol–water partition coefficient (Wildman–Crippen LogP) is 14.6. The summed E-state index contributed by atoms with van der Waals surface area (Å²) in [5.41, 5.74) is 0.241. The van der Waals surface area contributed by atoms with Crippen molar-refractivity contribution in [2.45, 2.75) is 216 Å². The van der Waals surface area contributed by atoms with Crippen molar-refractivity contribution in [3.8, 4) is 0 Å². The van der Waals surface area contributed by atoms with Gasteiger partial charge in [0.25, 0.3) is 0 Å². The number of hydrogen-bond donors (Lipinski definition) is 0. The molecule has 0 saturated heterocycles. The molecule has 0 N–H and O–H groups in total. The summed E-state index contributed by atoms with van der Waals surface area (Å²) in [5, 5.41) is 0. The molecule has 2 nitrogen and oxygen atoms in total. The van der Waals surface area contributed by atoms with Crippen LogP contribution in [0.5, 0.6) is 0 Å². The van der Waals surface area contributed by atoms with E-state index in [4.69, 9.17) is 0 Å². The molecule has 0 amide bonds. The molecule has 0 aromatic carbocycles. The molecule has 0 aliphatic heterocycles. The molecule has 44 heavy (non-hydrogen) atoms. The highest BCUT2D eigenvalue weighted by Crippen LogP contribution is 2.61. The van der Waals surface area contributed by atoms with Crippen molar-refractivity contribution < 1.29 is 9.46 Å². The normalized spacial score (nSPS) is 13.1. The summed E-state index contributed by atoms with van der Waals surface area (Å²) < 4.78 is 10.3. The van der Waals surface area contributed by atoms with Gasteiger partial charge in [0.1, 0.15) is 6.16 Å². The van der Waals surface area contributed by atoms with Crippen LogP contribution in [0.1, 0.15) is 216 Å². The Labute approximate surface area is 282 Å². The molecule has 0 saturated carbocycles. The van der Waals surface area contributed by atoms with E-state index in [1.54, 1.807) is 50.3 Å². The molecule has 0 aliphatic rings. The summed E-state index contributed by atoms with van der Waals surface area (Å²) in [7, 11) is -2.89. The van der Waals surface area contributed by atoms with Crippen molar-refractivity contribution in [1.82, 2.24) is 0 Å². The van der Waals surface area contributed by atoms with Gasteiger partial charge in [-0.1, -0.05) is 163 Å². The molecule has 0 rings (SSSR count). The van der Waals surface area contributed by atoms with Crippen LogP contribution in [-0.4, -0.2) is 30.8 Å². The van der Waals surface area contributed by atoms with Crippen molar-refractivity contribution in [2.24, 2.45) is 11.3 Å². The second-order valence-corrected chi connectivity index (χ2v) is 21.2. The molecule has 0 fully saturated rings. The lowest BCUT2D eigenvalue weighted by Crippen LogP contribution is -2.13. The highest BCUT2D eigenvalue weighted by atomic mass is 31.2. The fraction of sp³-hybridized carbons (Fsp3) is 1.00. The molecule has 2 unspecified atom stereocenters. The largest absolute Gasteiger partial charge is 0.596 e. The lowest BCUT2D eigenvalue weighted by atomic mass is 9.86. The second-order valence-electron chi connectivity index (χ2n) is 15.7. The van der Waals surface area contributed by atoms with Crippen molar-refractivity contribution in [3.05, 3.63) is 0 Å². The summed E-state index contributed by atoms with van der Waals surface area (Å²) >= 11 is 0. The summed E-state index contributed by atoms with van der Waals surface area (Å²) in [6.45, 7) is 17.8. The van der Waals surface area contributed by atoms with Crippen LogP contribution in [0.15, 0.2) is 0 Å². The first-order valence-corrected chi connectivity index (χ1v) is 23.9. The van der Waals surface area contributed by atoms with Gasteiger partial charge in [0.05, 0.1) is 24.6 Å². The van der Waals surface area contributed by atoms with Gasteiger partial charge in [0.15, 0.2) is 0 Å². The van der Waals surface area contributed by atoms with Gasteiger partial charge in [-0.15, -0.1) is 0 Å². The van der Waals surface area contributed by atoms with Crippen LogP contribution in [0.3, 0.4) is 0 Å². The second kappa shape index (κ2) is 33.4. The molecule has 0 radical (unpaired) electrons. The van der Waals surface area contributed by atoms with Crippen LogP contribution < -0.4 is 4.89 Å². The van der Waals surface area contributed by atoms with Crippen molar-refractivity contribution in [3.63, 3.8) is 0 Å². The van der Waals surface area contributed by atoms with Crippen LogP contribution >= 0.6 is 15.3 Å². The van der Waals surface area contributed by atoms with Gasteiger partial charge in [-0.25, -0.2) is 0 Å². The number of hydrogen-bond acceptors (Lipinski definition) is 2. The van der Waals surface area contributed by atoms with E-state index in [1.807, 2.05) is 6.92 Å². The number of rotatable bonds is 31. The standard InChI is InChI=1S/C32H68P.C8H17O2P/c1-5-9-13-17-18-19-20-21-22-23-24-28-32-33(29-25-14-10-6-2,30-26-15-11-7-3)31-27-16-12-8-4;1-7(6-11(9)10)5-8(2,3)4/h5-32H2,1-4H3;7H,5-6H2,1-4H3/q+1;. The smallest absolute Gasteiger partial charge is 0.309 e. The molecule has 4 heteroatoms. The Bertz CT molecular complexity index is 555. The van der Waals surface area contributed by atoms with Crippen LogP contribution in [0.25, 0.3) is 0 Å². The summed E-state index contributed by atoms with van der Waals surface area (Å²) in [5.74, 6) is 0.288. The molecule has 2 atom stereocenters. The van der Waals surface area contributed by atoms with E-state index >= 15 is 0 Å². The molecule has 0 aromatic heterocycles. The van der Waals surface area contributed by atoms with E-state index in [1.165, 1.54) is 128 Å². The summed E-state index contributed by atoms with van der Waals surface area (Å²) in [6.07, 6.45) is 43.4. The predicted molar refractivity (Wildman–Crippen MR) is 206 cm³/mol. The Morgan fingerprint density at radius 1 is 0.500 bits per heavy atom. The minimum Gasteiger partial charge on any atom is -0.596 e. The molecule has 0 aliphatic carbocycles. The van der Waals surface area contributed by atoms with Crippen LogP contribution in [0.2, 0.25) is 0 Å². The lowest BCUT2D eigenvalue weighted by molar-refractivity contribution is -0.164. The lowest BCUT2D eigenvalue weighted by Gasteiger charge is -2.28. The van der Waals surface area contributed by atoms with Crippen LogP contribution in [0, 0.1) is 11.3 Å². The third kappa shape index (κ3) is 35.3. The van der Waals surface area contributed by atoms with Crippen molar-refractivity contribution >= 4 is 15.3 Å². The van der Waals surface area contributed by atoms with Gasteiger partial charge in [-0.05, 0) is 63.2 Å². The molecule has 0 bridgehead atoms. The van der Waals surface area contributed by atoms with Gasteiger partial charge in [-0.3, -0.25) is 0 Å². The Kier molecular flexibility index (Phi) is 35.4. The first kappa shape index (κ1) is 46.6. The zero-order chi connectivity index (χ0) is 33.4. The van der Waals surface area contributed by atoms with E-state index in [0.717, 1.165) is 6.42 Å². The van der Waals surface area contributed by atoms with Gasteiger partial charge in [0, 0.05) is 13.2 Å². The van der Waals surface area contributed by atoms with Crippen LogP contribution in [0.4, 0.5) is 0 Å². The average Bonchev–Trinajstić information content (AvgIpc) is 2.95. The maximum Gasteiger partial charge on any atom is 0.309 e. The average molecular weight is 660 g/mol. The monoisotopic (exact) mass is 660 g/mol. The Morgan fingerprint density at radius 3 is 1.00 bits per heavy atom. The molecular formula is C40H85O2P2+. The maximum absolute atomic E-state index is 10.3. The third-order valence-electron chi connectivity index (χ3n) is 9.37. The highest BCUT2D eigenvalue weighted by Gasteiger charge is 2.34. The Morgan fingerprint density at radius 2 is 0.750 bits per heavy atom. The van der Waals surface area contributed by atoms with Gasteiger partial charge < -0.3 is 4.89 Å². The van der Waals surface area contributed by atoms with E-state index < -0.39 is 15.3 Å². The highest BCUT2D eigenvalue weighted by molar-refractivity contribution is 7.75. The SMILES string of the molecule is CC(C[P+](=O)[O-])CC(C)(C)C.CCCCCCCCCCCCCC[P+](CCCCCC)(CCCCCC)CCCCCC. The van der Waals surface area contributed by atoms with E-state index in [-0.39, 0.29) is 11.3 Å². The van der Waals surface area contributed by atoms with E-state index in [2.05, 4.69) is 48.5 Å². The topological polar surface area (TPSA) is 40.1 Å². The van der Waals surface area contributed by atoms with E-state index in [0.29, 0.717) is 6.16 Å². The Balaban J connectivity index is 0. The Hall–Kier alpha value is 0.490. The zero-order valence-electron chi connectivity index (χ0n) is 32.0. The quantitative estimate of drug-likeness (QED) is 0.0549. The molecule has 0 heterocycles. The molecule has 0 spiro atoms. The molecule has 0 aromatic rings.